The second-order valence-electron chi connectivity index (χ2n) is 5.71. The van der Waals surface area contributed by atoms with E-state index in [-0.39, 0.29) is 11.6 Å². The molecule has 25 heavy (non-hydrogen) atoms. The third kappa shape index (κ3) is 2.57. The van der Waals surface area contributed by atoms with Gasteiger partial charge in [0.15, 0.2) is 0 Å². The zero-order valence-corrected chi connectivity index (χ0v) is 15.1. The van der Waals surface area contributed by atoms with Crippen molar-refractivity contribution in [1.82, 2.24) is 4.98 Å². The number of phenols is 1. The molecular weight excluding hydrogens is 380 g/mol. The van der Waals surface area contributed by atoms with Crippen molar-refractivity contribution in [2.24, 2.45) is 0 Å². The van der Waals surface area contributed by atoms with E-state index in [2.05, 4.69) is 33.1 Å². The number of aromatic nitrogens is 1. The van der Waals surface area contributed by atoms with Crippen LogP contribution >= 0.6 is 15.9 Å². The predicted octanol–water partition coefficient (Wildman–Crippen LogP) is 4.16. The highest BCUT2D eigenvalue weighted by molar-refractivity contribution is 9.10. The third-order valence-electron chi connectivity index (χ3n) is 4.27. The van der Waals surface area contributed by atoms with E-state index in [0.29, 0.717) is 26.9 Å². The lowest BCUT2D eigenvalue weighted by molar-refractivity contribution is 0.472. The first kappa shape index (κ1) is 16.8. The van der Waals surface area contributed by atoms with Gasteiger partial charge >= 0.3 is 0 Å². The van der Waals surface area contributed by atoms with Crippen molar-refractivity contribution in [1.29, 1.82) is 10.5 Å². The molecule has 1 aliphatic carbocycles. The highest BCUT2D eigenvalue weighted by Gasteiger charge is 2.29. The van der Waals surface area contributed by atoms with Gasteiger partial charge in [-0.3, -0.25) is 0 Å². The number of allylic oxidation sites excluding steroid dienone is 3. The second-order valence-corrected chi connectivity index (χ2v) is 6.57. The maximum Gasteiger partial charge on any atom is 0.142 e. The van der Waals surface area contributed by atoms with Gasteiger partial charge in [0, 0.05) is 5.56 Å². The molecule has 0 aliphatic heterocycles. The van der Waals surface area contributed by atoms with Crippen LogP contribution in [0.5, 0.6) is 5.75 Å². The molecule has 0 amide bonds. The van der Waals surface area contributed by atoms with Crippen LogP contribution in [0.4, 0.5) is 5.82 Å². The standard InChI is InChI=1S/C19H13BrN4O/c1-9-12(5-11-3-4-16(25)15(20)6-11)17-10(2)14(8-22)19(23)24-18(17)13(9)7-21/h3-6,25H,1-2H3,(H2,23,24)/b12-5-. The molecule has 2 aromatic rings. The number of hydrogen-bond acceptors (Lipinski definition) is 5. The molecule has 0 unspecified atom stereocenters. The van der Waals surface area contributed by atoms with Crippen molar-refractivity contribution in [2.45, 2.75) is 13.8 Å². The van der Waals surface area contributed by atoms with E-state index in [1.807, 2.05) is 19.9 Å². The fraction of sp³-hybridized carbons (Fsp3) is 0.105. The molecule has 1 aliphatic rings. The van der Waals surface area contributed by atoms with Crippen LogP contribution in [0.2, 0.25) is 0 Å². The van der Waals surface area contributed by atoms with Gasteiger partial charge < -0.3 is 10.8 Å². The molecule has 0 spiro atoms. The fourth-order valence-electron chi connectivity index (χ4n) is 2.98. The number of halogens is 1. The van der Waals surface area contributed by atoms with Crippen LogP contribution in [0.15, 0.2) is 28.2 Å². The van der Waals surface area contributed by atoms with Crippen LogP contribution < -0.4 is 5.73 Å². The van der Waals surface area contributed by atoms with Gasteiger partial charge in [0.2, 0.25) is 0 Å². The predicted molar refractivity (Wildman–Crippen MR) is 100.0 cm³/mol. The molecule has 5 nitrogen and oxygen atoms in total. The number of aromatic hydroxyl groups is 1. The molecule has 3 rings (SSSR count). The summed E-state index contributed by atoms with van der Waals surface area (Å²) in [5.74, 6) is 0.282. The lowest BCUT2D eigenvalue weighted by atomic mass is 9.95. The van der Waals surface area contributed by atoms with E-state index in [1.165, 1.54) is 0 Å². The number of nitrogen functional groups attached to an aromatic ring is 1. The summed E-state index contributed by atoms with van der Waals surface area (Å²) in [6, 6.07) is 9.42. The monoisotopic (exact) mass is 392 g/mol. The van der Waals surface area contributed by atoms with Crippen LogP contribution in [0, 0.1) is 29.6 Å². The van der Waals surface area contributed by atoms with E-state index < -0.39 is 0 Å². The number of nitrogens with zero attached hydrogens (tertiary/aromatic N) is 3. The average Bonchev–Trinajstić information content (AvgIpc) is 2.83. The Bertz CT molecular complexity index is 1070. The van der Waals surface area contributed by atoms with Crippen molar-refractivity contribution in [3.63, 3.8) is 0 Å². The van der Waals surface area contributed by atoms with Gasteiger partial charge in [-0.25, -0.2) is 4.98 Å². The molecule has 0 atom stereocenters. The van der Waals surface area contributed by atoms with E-state index in [0.717, 1.165) is 22.3 Å². The number of phenolic OH excluding ortho intramolecular Hbond substituents is 1. The normalized spacial score (nSPS) is 14.4. The Morgan fingerprint density at radius 2 is 1.96 bits per heavy atom. The van der Waals surface area contributed by atoms with E-state index in [9.17, 15) is 15.6 Å². The van der Waals surface area contributed by atoms with E-state index in [1.54, 1.807) is 18.2 Å². The number of fused-ring (bicyclic) bond motifs is 1. The molecule has 0 bridgehead atoms. The molecule has 0 saturated heterocycles. The maximum atomic E-state index is 9.66. The molecular formula is C19H13BrN4O. The van der Waals surface area contributed by atoms with Crippen molar-refractivity contribution < 1.29 is 5.11 Å². The Balaban J connectivity index is 2.32. The summed E-state index contributed by atoms with van der Waals surface area (Å²) in [4.78, 5) is 4.30. The number of rotatable bonds is 1. The van der Waals surface area contributed by atoms with Crippen LogP contribution in [0.25, 0.3) is 17.2 Å². The molecule has 122 valence electrons. The van der Waals surface area contributed by atoms with Gasteiger partial charge in [0.1, 0.15) is 23.7 Å². The summed E-state index contributed by atoms with van der Waals surface area (Å²) in [5.41, 5.74) is 11.1. The molecule has 0 saturated carbocycles. The summed E-state index contributed by atoms with van der Waals surface area (Å²) in [6.45, 7) is 3.66. The Hall–Kier alpha value is -3.09. The fourth-order valence-corrected chi connectivity index (χ4v) is 3.37. The molecule has 1 aromatic carbocycles. The van der Waals surface area contributed by atoms with Crippen LogP contribution in [-0.4, -0.2) is 10.1 Å². The minimum absolute atomic E-state index is 0.132. The molecule has 0 radical (unpaired) electrons. The zero-order chi connectivity index (χ0) is 18.3. The SMILES string of the molecule is CC1=C(C#N)c2nc(N)c(C#N)c(C)c2/C1=C\c1ccc(O)c(Br)c1. The van der Waals surface area contributed by atoms with Crippen LogP contribution in [0.1, 0.15) is 34.9 Å². The Labute approximate surface area is 153 Å². The van der Waals surface area contributed by atoms with Gasteiger partial charge in [-0.05, 0) is 70.3 Å². The number of hydrogen-bond donors (Lipinski definition) is 2. The quantitative estimate of drug-likeness (QED) is 0.757. The summed E-state index contributed by atoms with van der Waals surface area (Å²) in [7, 11) is 0. The highest BCUT2D eigenvalue weighted by Crippen LogP contribution is 2.44. The second kappa shape index (κ2) is 6.08. The third-order valence-corrected chi connectivity index (χ3v) is 4.90. The molecule has 0 fully saturated rings. The largest absolute Gasteiger partial charge is 0.507 e. The Morgan fingerprint density at radius 1 is 1.24 bits per heavy atom. The minimum Gasteiger partial charge on any atom is -0.507 e. The van der Waals surface area contributed by atoms with Gasteiger partial charge in [-0.1, -0.05) is 6.07 Å². The van der Waals surface area contributed by atoms with Gasteiger partial charge in [0.05, 0.1) is 21.3 Å². The zero-order valence-electron chi connectivity index (χ0n) is 13.6. The highest BCUT2D eigenvalue weighted by atomic mass is 79.9. The van der Waals surface area contributed by atoms with Gasteiger partial charge in [0.25, 0.3) is 0 Å². The summed E-state index contributed by atoms with van der Waals surface area (Å²) >= 11 is 3.30. The van der Waals surface area contributed by atoms with Crippen molar-refractivity contribution in [3.05, 3.63) is 56.2 Å². The number of benzene rings is 1. The number of nitriles is 2. The average molecular weight is 393 g/mol. The maximum absolute atomic E-state index is 9.66. The molecule has 1 aromatic heterocycles. The molecule has 3 N–H and O–H groups in total. The Morgan fingerprint density at radius 3 is 2.56 bits per heavy atom. The molecule has 6 heteroatoms. The van der Waals surface area contributed by atoms with Gasteiger partial charge in [-0.2, -0.15) is 10.5 Å². The lowest BCUT2D eigenvalue weighted by Gasteiger charge is -2.11. The topological polar surface area (TPSA) is 107 Å². The summed E-state index contributed by atoms with van der Waals surface area (Å²) in [6.07, 6.45) is 1.91. The van der Waals surface area contributed by atoms with Crippen LogP contribution in [0.3, 0.4) is 0 Å². The summed E-state index contributed by atoms with van der Waals surface area (Å²) in [5, 5.41) is 28.6. The van der Waals surface area contributed by atoms with E-state index in [4.69, 9.17) is 5.73 Å². The lowest BCUT2D eigenvalue weighted by Crippen LogP contribution is -2.03. The smallest absolute Gasteiger partial charge is 0.142 e. The number of anilines is 1. The molecule has 1 heterocycles. The first-order valence-corrected chi connectivity index (χ1v) is 8.20. The summed E-state index contributed by atoms with van der Waals surface area (Å²) < 4.78 is 0.576. The van der Waals surface area contributed by atoms with Crippen molar-refractivity contribution in [3.8, 4) is 17.9 Å². The minimum atomic E-state index is 0.132. The number of nitrogens with two attached hydrogens (primary N) is 1. The van der Waals surface area contributed by atoms with Gasteiger partial charge in [-0.15, -0.1) is 0 Å². The van der Waals surface area contributed by atoms with Crippen molar-refractivity contribution >= 4 is 39.0 Å². The number of pyridine rings is 1. The van der Waals surface area contributed by atoms with Crippen molar-refractivity contribution in [2.75, 3.05) is 5.73 Å². The van der Waals surface area contributed by atoms with Crippen LogP contribution in [-0.2, 0) is 0 Å². The Kier molecular flexibility index (Phi) is 4.08. The van der Waals surface area contributed by atoms with E-state index >= 15 is 0 Å². The first-order chi connectivity index (χ1) is 11.9. The first-order valence-electron chi connectivity index (χ1n) is 7.41.